The van der Waals surface area contributed by atoms with Crippen LogP contribution in [0.25, 0.3) is 0 Å². The molecule has 0 spiro atoms. The minimum absolute atomic E-state index is 0. The molecule has 0 aliphatic heterocycles. The summed E-state index contributed by atoms with van der Waals surface area (Å²) in [5.41, 5.74) is -0.898. The summed E-state index contributed by atoms with van der Waals surface area (Å²) in [6.45, 7) is 27.4. The van der Waals surface area contributed by atoms with Crippen molar-refractivity contribution in [2.45, 2.75) is 244 Å². The maximum absolute atomic E-state index is 11.7. The summed E-state index contributed by atoms with van der Waals surface area (Å²) >= 11 is 0. The molecule has 558 valence electrons. The highest BCUT2D eigenvalue weighted by Gasteiger charge is 2.29. The number of aliphatic hydroxyl groups excluding tert-OH is 2. The highest BCUT2D eigenvalue weighted by Crippen LogP contribution is 2.24. The zero-order valence-corrected chi connectivity index (χ0v) is 51.4. The molecule has 95 heavy (non-hydrogen) atoms. The van der Waals surface area contributed by atoms with Crippen LogP contribution in [0.5, 0.6) is 17.2 Å². The van der Waals surface area contributed by atoms with Crippen LogP contribution in [-0.4, -0.2) is 113 Å². The van der Waals surface area contributed by atoms with Crippen molar-refractivity contribution in [3.63, 3.8) is 0 Å². The molecule has 0 aromatic heterocycles. The topological polar surface area (TPSA) is 345 Å². The van der Waals surface area contributed by atoms with Crippen molar-refractivity contribution in [1.82, 2.24) is 5.32 Å². The lowest BCUT2D eigenvalue weighted by molar-refractivity contribution is -0.158. The van der Waals surface area contributed by atoms with Gasteiger partial charge in [-0.3, -0.25) is 14.4 Å². The van der Waals surface area contributed by atoms with Crippen molar-refractivity contribution in [2.75, 3.05) is 44.9 Å². The Hall–Kier alpha value is -7.93. The molecule has 21 nitrogen and oxygen atoms in total. The van der Waals surface area contributed by atoms with Gasteiger partial charge in [-0.15, -0.1) is 0 Å². The lowest BCUT2D eigenvalue weighted by Crippen LogP contribution is -2.34. The second-order valence-electron chi connectivity index (χ2n) is 20.9. The van der Waals surface area contributed by atoms with E-state index in [2.05, 4.69) is 28.8 Å². The molecule has 0 saturated carbocycles. The molecule has 0 aliphatic rings. The molecular formula is C74H141N5O16. The first-order chi connectivity index (χ1) is 38.8. The van der Waals surface area contributed by atoms with Gasteiger partial charge in [0.15, 0.2) is 0 Å². The number of carbonyl (C=O) groups is 6. The number of amides is 2. The first-order valence-electron chi connectivity index (χ1n) is 27.6. The minimum Gasteiger partial charge on any atom is -0.508 e. The number of esters is 5. The van der Waals surface area contributed by atoms with Crippen molar-refractivity contribution >= 4 is 41.6 Å². The van der Waals surface area contributed by atoms with E-state index in [0.29, 0.717) is 24.9 Å². The summed E-state index contributed by atoms with van der Waals surface area (Å²) in [5, 5.41) is 76.6. The number of para-hydroxylation sites is 1. The van der Waals surface area contributed by atoms with E-state index in [9.17, 15) is 44.1 Å². The second-order valence-corrected chi connectivity index (χ2v) is 20.9. The van der Waals surface area contributed by atoms with Crippen LogP contribution in [0.3, 0.4) is 0 Å². The summed E-state index contributed by atoms with van der Waals surface area (Å²) in [6, 6.07) is 23.5. The Morgan fingerprint density at radius 3 is 1.06 bits per heavy atom. The third-order valence-electron chi connectivity index (χ3n) is 12.4. The van der Waals surface area contributed by atoms with Crippen LogP contribution in [0, 0.1) is 68.0 Å². The lowest BCUT2D eigenvalue weighted by atomic mass is 9.91. The molecule has 3 rings (SSSR count). The molecule has 3 aromatic carbocycles. The van der Waals surface area contributed by atoms with E-state index in [1.807, 2.05) is 76.2 Å². The number of rotatable bonds is 23. The number of carbonyl (C=O) groups excluding carboxylic acids is 6. The minimum atomic E-state index is -1.12. The van der Waals surface area contributed by atoms with Crippen LogP contribution >= 0.6 is 0 Å². The standard InChI is InChI=1S/2C16H22O6.C15H22N2O4.3C5H9N.12CH4/c1-4-16(2,3)15(20)22-10-13(18)9-21-14(19)11-5-7-12(17)8-6-11;1-4-16(2,3)15(20)22-10-11(17)9-21-14(19)12-7-5-6-8-13(12)18;1-4-15(2,3)13(19)21-10-9-16-14(20)17-11-5-7-12(18)8-6-11;3*1-3-5(2)4-6;;;;;;;;;;;;/h5-8,13,17-18H,4,9-10H2,1-3H3;5-8,11,17-18H,4,9-10H2,1-3H3;5-8,18H,4,9-10H2,1-3H3,(H2,16,17,20);3*5H,3H2,1-2H3;12*1H4. The molecule has 5 atom stereocenters. The van der Waals surface area contributed by atoms with E-state index in [1.165, 1.54) is 48.5 Å². The van der Waals surface area contributed by atoms with Crippen LogP contribution < -0.4 is 10.6 Å². The van der Waals surface area contributed by atoms with E-state index in [1.54, 1.807) is 52.0 Å². The number of ether oxygens (including phenoxy) is 5. The Morgan fingerprint density at radius 2 is 0.758 bits per heavy atom. The number of nitrogens with one attached hydrogen (secondary N) is 2. The maximum Gasteiger partial charge on any atom is 0.342 e. The second kappa shape index (κ2) is 68.9. The number of hydrogen-bond donors (Lipinski definition) is 7. The Labute approximate surface area is 580 Å². The number of urea groups is 1. The SMILES string of the molecule is C.C.C.C.C.C.C.C.C.C.C.C.CCC(C)(C)C(=O)OCC(O)COC(=O)c1ccc(O)cc1.CCC(C)(C)C(=O)OCC(O)COC(=O)c1ccccc1O.CCC(C)(C)C(=O)OCCNC(=O)Nc1ccc(O)cc1.CCC(C)C#N.CCC(C)C#N.CCC(C)C#N. The molecule has 21 heteroatoms. The van der Waals surface area contributed by atoms with Crippen molar-refractivity contribution < 1.29 is 78.0 Å². The third-order valence-corrected chi connectivity index (χ3v) is 12.4. The van der Waals surface area contributed by atoms with Crippen LogP contribution in [-0.2, 0) is 38.1 Å². The van der Waals surface area contributed by atoms with Crippen molar-refractivity contribution in [1.29, 1.82) is 15.8 Å². The third kappa shape index (κ3) is 59.6. The molecule has 3 aromatic rings. The molecular weight excluding hydrogens is 1210 g/mol. The molecule has 7 N–H and O–H groups in total. The first-order valence-corrected chi connectivity index (χ1v) is 27.6. The van der Waals surface area contributed by atoms with E-state index >= 15 is 0 Å². The molecule has 5 unspecified atom stereocenters. The normalized spacial score (nSPS) is 10.6. The fourth-order valence-corrected chi connectivity index (χ4v) is 4.51. The lowest BCUT2D eigenvalue weighted by Gasteiger charge is -2.21. The zero-order valence-electron chi connectivity index (χ0n) is 51.4. The summed E-state index contributed by atoms with van der Waals surface area (Å²) in [6.07, 6.45) is 2.63. The number of nitriles is 3. The van der Waals surface area contributed by atoms with Crippen LogP contribution in [0.15, 0.2) is 72.8 Å². The number of anilines is 1. The molecule has 0 bridgehead atoms. The fourth-order valence-electron chi connectivity index (χ4n) is 4.51. The van der Waals surface area contributed by atoms with Crippen molar-refractivity contribution in [3.8, 4) is 35.5 Å². The molecule has 2 amide bonds. The summed E-state index contributed by atoms with van der Waals surface area (Å²) in [7, 11) is 0. The van der Waals surface area contributed by atoms with Crippen LogP contribution in [0.4, 0.5) is 10.5 Å². The van der Waals surface area contributed by atoms with Crippen LogP contribution in [0.2, 0.25) is 0 Å². The van der Waals surface area contributed by atoms with Gasteiger partial charge < -0.3 is 59.9 Å². The summed E-state index contributed by atoms with van der Waals surface area (Å²) < 4.78 is 24.9. The Kier molecular flexibility index (Phi) is 90.1. The zero-order chi connectivity index (χ0) is 64.4. The smallest absolute Gasteiger partial charge is 0.342 e. The van der Waals surface area contributed by atoms with Crippen molar-refractivity contribution in [2.24, 2.45) is 34.0 Å². The van der Waals surface area contributed by atoms with E-state index in [-0.39, 0.29) is 181 Å². The molecule has 0 saturated heterocycles. The predicted molar refractivity (Wildman–Crippen MR) is 395 cm³/mol. The quantitative estimate of drug-likeness (QED) is 0.0201. The molecule has 0 aliphatic carbocycles. The summed E-state index contributed by atoms with van der Waals surface area (Å²) in [5.74, 6) is -1.77. The van der Waals surface area contributed by atoms with Gasteiger partial charge in [0.05, 0.1) is 46.6 Å². The number of nitrogens with zero attached hydrogens (tertiary/aromatic N) is 3. The molecule has 0 heterocycles. The number of phenols is 3. The van der Waals surface area contributed by atoms with Gasteiger partial charge in [-0.1, -0.05) is 143 Å². The maximum atomic E-state index is 11.7. The Bertz CT molecular complexity index is 2440. The van der Waals surface area contributed by atoms with Gasteiger partial charge in [-0.25, -0.2) is 14.4 Å². The van der Waals surface area contributed by atoms with E-state index in [4.69, 9.17) is 49.7 Å². The number of hydrogen-bond acceptors (Lipinski definition) is 19. The van der Waals surface area contributed by atoms with E-state index < -0.39 is 58.4 Å². The largest absolute Gasteiger partial charge is 0.508 e. The van der Waals surface area contributed by atoms with E-state index in [0.717, 1.165) is 19.3 Å². The van der Waals surface area contributed by atoms with Gasteiger partial charge in [0, 0.05) is 23.4 Å². The summed E-state index contributed by atoms with van der Waals surface area (Å²) in [4.78, 5) is 70.1. The average Bonchev–Trinajstić information content (AvgIpc) is 1.08. The van der Waals surface area contributed by atoms with Crippen LogP contribution in [0.1, 0.15) is 252 Å². The molecule has 0 radical (unpaired) electrons. The van der Waals surface area contributed by atoms with Gasteiger partial charge in [0.2, 0.25) is 0 Å². The number of aromatic hydroxyl groups is 3. The highest BCUT2D eigenvalue weighted by molar-refractivity contribution is 5.92. The first kappa shape index (κ1) is 124. The average molecular weight is 1360 g/mol. The number of benzene rings is 3. The highest BCUT2D eigenvalue weighted by atomic mass is 16.6. The van der Waals surface area contributed by atoms with Gasteiger partial charge in [-0.2, -0.15) is 15.8 Å². The van der Waals surface area contributed by atoms with Gasteiger partial charge in [0.1, 0.15) is 68.1 Å². The Balaban J connectivity index is -0.0000000649. The Morgan fingerprint density at radius 1 is 0.453 bits per heavy atom. The molecule has 0 fully saturated rings. The fraction of sp³-hybridized carbons (Fsp3) is 0.635. The number of aliphatic hydroxyl groups is 2. The van der Waals surface area contributed by atoms with Crippen molar-refractivity contribution in [3.05, 3.63) is 83.9 Å². The van der Waals surface area contributed by atoms with Gasteiger partial charge >= 0.3 is 35.9 Å². The predicted octanol–water partition coefficient (Wildman–Crippen LogP) is 18.6. The monoisotopic (exact) mass is 1360 g/mol. The van der Waals surface area contributed by atoms with Gasteiger partial charge in [-0.05, 0) is 162 Å². The van der Waals surface area contributed by atoms with Gasteiger partial charge in [0.25, 0.3) is 0 Å². The number of phenolic OH excluding ortho intramolecular Hbond substituents is 3.